The van der Waals surface area contributed by atoms with Gasteiger partial charge in [0.15, 0.2) is 5.13 Å². The summed E-state index contributed by atoms with van der Waals surface area (Å²) in [5.74, 6) is 0. The molecule has 1 heterocycles. The Morgan fingerprint density at radius 1 is 1.29 bits per heavy atom. The minimum absolute atomic E-state index is 0.00127. The summed E-state index contributed by atoms with van der Waals surface area (Å²) in [6, 6.07) is 6.45. The lowest BCUT2D eigenvalue weighted by Gasteiger charge is -2.04. The number of fused-ring (bicyclic) bond motifs is 1. The van der Waals surface area contributed by atoms with Crippen molar-refractivity contribution in [1.29, 1.82) is 0 Å². The van der Waals surface area contributed by atoms with Crippen LogP contribution in [-0.2, 0) is 19.4 Å². The van der Waals surface area contributed by atoms with Crippen molar-refractivity contribution < 1.29 is 5.11 Å². The number of thiazole rings is 1. The van der Waals surface area contributed by atoms with E-state index in [0.717, 1.165) is 22.6 Å². The highest BCUT2D eigenvalue weighted by Crippen LogP contribution is 2.32. The average molecular weight is 246 g/mol. The Morgan fingerprint density at radius 2 is 2.12 bits per heavy atom. The van der Waals surface area contributed by atoms with E-state index >= 15 is 0 Å². The Balaban J connectivity index is 2.08. The maximum Gasteiger partial charge on any atom is 0.180 e. The molecule has 1 aromatic carbocycles. The highest BCUT2D eigenvalue weighted by Gasteiger charge is 2.15. The van der Waals surface area contributed by atoms with Crippen LogP contribution >= 0.6 is 11.3 Å². The molecular formula is C13H14N2OS. The molecule has 0 fully saturated rings. The summed E-state index contributed by atoms with van der Waals surface area (Å²) in [7, 11) is 0. The van der Waals surface area contributed by atoms with Crippen LogP contribution in [0, 0.1) is 0 Å². The van der Waals surface area contributed by atoms with E-state index in [0.29, 0.717) is 5.13 Å². The first-order valence-corrected chi connectivity index (χ1v) is 6.58. The molecule has 88 valence electrons. The SMILES string of the molecule is Nc1nc(-c2ccc3c(c2)CCC3)c(CO)s1. The van der Waals surface area contributed by atoms with Gasteiger partial charge in [-0.05, 0) is 36.5 Å². The summed E-state index contributed by atoms with van der Waals surface area (Å²) < 4.78 is 0. The summed E-state index contributed by atoms with van der Waals surface area (Å²) >= 11 is 1.36. The van der Waals surface area contributed by atoms with Gasteiger partial charge < -0.3 is 10.8 Å². The Hall–Kier alpha value is -1.39. The van der Waals surface area contributed by atoms with Gasteiger partial charge in [-0.1, -0.05) is 23.5 Å². The number of nitrogens with two attached hydrogens (primary N) is 1. The van der Waals surface area contributed by atoms with E-state index in [-0.39, 0.29) is 6.61 Å². The van der Waals surface area contributed by atoms with Gasteiger partial charge in [0.05, 0.1) is 17.2 Å². The number of aryl methyl sites for hydroxylation is 2. The van der Waals surface area contributed by atoms with Gasteiger partial charge in [0.1, 0.15) is 0 Å². The van der Waals surface area contributed by atoms with Gasteiger partial charge in [-0.2, -0.15) is 0 Å². The second kappa shape index (κ2) is 4.13. The van der Waals surface area contributed by atoms with Crippen molar-refractivity contribution in [2.75, 3.05) is 5.73 Å². The average Bonchev–Trinajstić information content (AvgIpc) is 2.93. The Morgan fingerprint density at radius 3 is 2.94 bits per heavy atom. The molecule has 2 aromatic rings. The monoisotopic (exact) mass is 246 g/mol. The lowest BCUT2D eigenvalue weighted by molar-refractivity contribution is 0.286. The zero-order valence-electron chi connectivity index (χ0n) is 9.44. The normalized spacial score (nSPS) is 13.9. The number of aliphatic hydroxyl groups excluding tert-OH is 1. The first-order valence-electron chi connectivity index (χ1n) is 5.76. The third kappa shape index (κ3) is 1.83. The van der Waals surface area contributed by atoms with Gasteiger partial charge in [-0.3, -0.25) is 0 Å². The molecule has 1 aliphatic carbocycles. The number of aromatic nitrogens is 1. The number of hydrogen-bond acceptors (Lipinski definition) is 4. The van der Waals surface area contributed by atoms with E-state index in [9.17, 15) is 5.11 Å². The number of hydrogen-bond donors (Lipinski definition) is 2. The van der Waals surface area contributed by atoms with E-state index in [1.54, 1.807) is 0 Å². The molecule has 0 spiro atoms. The number of nitrogen functional groups attached to an aromatic ring is 1. The summed E-state index contributed by atoms with van der Waals surface area (Å²) in [4.78, 5) is 5.16. The summed E-state index contributed by atoms with van der Waals surface area (Å²) in [5.41, 5.74) is 10.5. The van der Waals surface area contributed by atoms with E-state index in [1.165, 1.54) is 35.3 Å². The van der Waals surface area contributed by atoms with Gasteiger partial charge in [-0.15, -0.1) is 0 Å². The largest absolute Gasteiger partial charge is 0.391 e. The first kappa shape index (κ1) is 10.7. The molecule has 1 aliphatic rings. The van der Waals surface area contributed by atoms with E-state index in [4.69, 9.17) is 5.73 Å². The Kier molecular flexibility index (Phi) is 2.61. The van der Waals surface area contributed by atoms with Gasteiger partial charge in [0.25, 0.3) is 0 Å². The Bertz CT molecular complexity index is 563. The second-order valence-electron chi connectivity index (χ2n) is 4.32. The summed E-state index contributed by atoms with van der Waals surface area (Å²) in [6.45, 7) is 0.00127. The topological polar surface area (TPSA) is 59.1 Å². The van der Waals surface area contributed by atoms with Crippen molar-refractivity contribution in [1.82, 2.24) is 4.98 Å². The molecule has 0 saturated carbocycles. The molecule has 0 bridgehead atoms. The molecule has 17 heavy (non-hydrogen) atoms. The molecule has 0 unspecified atom stereocenters. The predicted molar refractivity (Wildman–Crippen MR) is 69.9 cm³/mol. The second-order valence-corrected chi connectivity index (χ2v) is 5.43. The number of anilines is 1. The standard InChI is InChI=1S/C13H14N2OS/c14-13-15-12(11(7-16)17-13)10-5-4-8-2-1-3-9(8)6-10/h4-6,16H,1-3,7H2,(H2,14,15). The van der Waals surface area contributed by atoms with E-state index in [2.05, 4.69) is 23.2 Å². The van der Waals surface area contributed by atoms with Crippen molar-refractivity contribution in [3.8, 4) is 11.3 Å². The van der Waals surface area contributed by atoms with Crippen LogP contribution in [-0.4, -0.2) is 10.1 Å². The van der Waals surface area contributed by atoms with Crippen LogP contribution in [0.3, 0.4) is 0 Å². The molecule has 0 amide bonds. The fourth-order valence-corrected chi connectivity index (χ4v) is 3.14. The maximum atomic E-state index is 9.30. The zero-order chi connectivity index (χ0) is 11.8. The third-order valence-electron chi connectivity index (χ3n) is 3.23. The first-order chi connectivity index (χ1) is 8.28. The van der Waals surface area contributed by atoms with Crippen molar-refractivity contribution in [3.63, 3.8) is 0 Å². The van der Waals surface area contributed by atoms with Crippen LogP contribution in [0.1, 0.15) is 22.4 Å². The molecule has 0 saturated heterocycles. The van der Waals surface area contributed by atoms with Crippen LogP contribution in [0.5, 0.6) is 0 Å². The van der Waals surface area contributed by atoms with Crippen LogP contribution < -0.4 is 5.73 Å². The van der Waals surface area contributed by atoms with E-state index < -0.39 is 0 Å². The van der Waals surface area contributed by atoms with Crippen molar-refractivity contribution >= 4 is 16.5 Å². The minimum atomic E-state index is 0.00127. The summed E-state index contributed by atoms with van der Waals surface area (Å²) in [5, 5.41) is 9.82. The lowest BCUT2D eigenvalue weighted by atomic mass is 10.0. The maximum absolute atomic E-state index is 9.30. The Labute approximate surface area is 104 Å². The lowest BCUT2D eigenvalue weighted by Crippen LogP contribution is -1.89. The molecule has 0 radical (unpaired) electrons. The van der Waals surface area contributed by atoms with Crippen LogP contribution in [0.15, 0.2) is 18.2 Å². The van der Waals surface area contributed by atoms with Crippen LogP contribution in [0.4, 0.5) is 5.13 Å². The quantitative estimate of drug-likeness (QED) is 0.855. The molecule has 1 aromatic heterocycles. The van der Waals surface area contributed by atoms with Crippen molar-refractivity contribution in [2.24, 2.45) is 0 Å². The number of rotatable bonds is 2. The molecule has 3 nitrogen and oxygen atoms in total. The molecule has 3 N–H and O–H groups in total. The number of nitrogens with zero attached hydrogens (tertiary/aromatic N) is 1. The molecular weight excluding hydrogens is 232 g/mol. The highest BCUT2D eigenvalue weighted by molar-refractivity contribution is 7.15. The van der Waals surface area contributed by atoms with Crippen molar-refractivity contribution in [3.05, 3.63) is 34.2 Å². The van der Waals surface area contributed by atoms with Gasteiger partial charge in [0, 0.05) is 5.56 Å². The molecule has 0 atom stereocenters. The van der Waals surface area contributed by atoms with Gasteiger partial charge in [-0.25, -0.2) is 4.98 Å². The summed E-state index contributed by atoms with van der Waals surface area (Å²) in [6.07, 6.45) is 3.57. The van der Waals surface area contributed by atoms with Crippen molar-refractivity contribution in [2.45, 2.75) is 25.9 Å². The van der Waals surface area contributed by atoms with Gasteiger partial charge >= 0.3 is 0 Å². The fourth-order valence-electron chi connectivity index (χ4n) is 2.42. The highest BCUT2D eigenvalue weighted by atomic mass is 32.1. The smallest absolute Gasteiger partial charge is 0.180 e. The zero-order valence-corrected chi connectivity index (χ0v) is 10.3. The van der Waals surface area contributed by atoms with Gasteiger partial charge in [0.2, 0.25) is 0 Å². The third-order valence-corrected chi connectivity index (χ3v) is 4.10. The number of aliphatic hydroxyl groups is 1. The molecule has 3 rings (SSSR count). The van der Waals surface area contributed by atoms with E-state index in [1.807, 2.05) is 0 Å². The number of benzene rings is 1. The molecule has 4 heteroatoms. The minimum Gasteiger partial charge on any atom is -0.391 e. The van der Waals surface area contributed by atoms with Crippen LogP contribution in [0.2, 0.25) is 0 Å². The van der Waals surface area contributed by atoms with Crippen LogP contribution in [0.25, 0.3) is 11.3 Å². The fraction of sp³-hybridized carbons (Fsp3) is 0.308. The molecule has 0 aliphatic heterocycles. The predicted octanol–water partition coefficient (Wildman–Crippen LogP) is 2.37.